The van der Waals surface area contributed by atoms with E-state index in [2.05, 4.69) is 13.8 Å². The van der Waals surface area contributed by atoms with Crippen LogP contribution in [0.5, 0.6) is 0 Å². The van der Waals surface area contributed by atoms with Gasteiger partial charge in [0.05, 0.1) is 5.92 Å². The molecule has 0 aromatic rings. The summed E-state index contributed by atoms with van der Waals surface area (Å²) in [5, 5.41) is 0. The summed E-state index contributed by atoms with van der Waals surface area (Å²) in [6, 6.07) is 0. The molecule has 1 aliphatic heterocycles. The van der Waals surface area contributed by atoms with Gasteiger partial charge in [-0.2, -0.15) is 0 Å². The average molecular weight is 516 g/mol. The lowest BCUT2D eigenvalue weighted by molar-refractivity contribution is -0.173. The number of ether oxygens (including phenoxy) is 2. The topological polar surface area (TPSA) is 90.0 Å². The van der Waals surface area contributed by atoms with Gasteiger partial charge in [-0.15, -0.1) is 0 Å². The second-order valence-electron chi connectivity index (χ2n) is 14.1. The summed E-state index contributed by atoms with van der Waals surface area (Å²) in [6.45, 7) is 10.9. The predicted molar refractivity (Wildman–Crippen MR) is 138 cm³/mol. The van der Waals surface area contributed by atoms with Gasteiger partial charge in [0, 0.05) is 37.3 Å². The van der Waals surface area contributed by atoms with Crippen LogP contribution in [0.2, 0.25) is 0 Å². The summed E-state index contributed by atoms with van der Waals surface area (Å²) in [4.78, 5) is 53.5. The van der Waals surface area contributed by atoms with Crippen LogP contribution in [0.1, 0.15) is 98.8 Å². The number of piperidine rings is 1. The number of hydrogen-bond acceptors (Lipinski definition) is 6. The van der Waals surface area contributed by atoms with E-state index in [0.29, 0.717) is 68.1 Å². The Morgan fingerprint density at radius 2 is 1.76 bits per heavy atom. The van der Waals surface area contributed by atoms with Crippen molar-refractivity contribution in [2.75, 3.05) is 13.1 Å². The summed E-state index contributed by atoms with van der Waals surface area (Å²) in [7, 11) is 0. The first-order valence-corrected chi connectivity index (χ1v) is 14.6. The van der Waals surface area contributed by atoms with Gasteiger partial charge < -0.3 is 14.4 Å². The molecule has 7 heteroatoms. The smallest absolute Gasteiger partial charge is 0.410 e. The Morgan fingerprint density at radius 1 is 1.00 bits per heavy atom. The highest BCUT2D eigenvalue weighted by molar-refractivity contribution is 5.88. The minimum Gasteiger partial charge on any atom is -0.462 e. The Hall–Kier alpha value is -1.92. The molecule has 4 aliphatic carbocycles. The van der Waals surface area contributed by atoms with Crippen LogP contribution in [-0.2, 0) is 23.9 Å². The van der Waals surface area contributed by atoms with E-state index in [1.54, 1.807) is 4.90 Å². The van der Waals surface area contributed by atoms with E-state index in [9.17, 15) is 19.2 Å². The SMILES string of the molecule is CC(C)(C)OC(=O)N1CCCC(C(=O)O[C@H]2CC[C@@]3(C)C(C2)C(=O)C[C@@H]2[C@@H]3CC[C@]3(C)C(=O)CC[C@@H]23)C1. The molecule has 0 aromatic heterocycles. The van der Waals surface area contributed by atoms with Gasteiger partial charge >= 0.3 is 12.1 Å². The van der Waals surface area contributed by atoms with Crippen molar-refractivity contribution in [3.8, 4) is 0 Å². The number of hydrogen-bond donors (Lipinski definition) is 0. The van der Waals surface area contributed by atoms with Crippen LogP contribution in [0.15, 0.2) is 0 Å². The highest BCUT2D eigenvalue weighted by atomic mass is 16.6. The van der Waals surface area contributed by atoms with Crippen molar-refractivity contribution in [3.63, 3.8) is 0 Å². The minimum absolute atomic E-state index is 0.0752. The second kappa shape index (κ2) is 9.37. The third-order valence-electron chi connectivity index (χ3n) is 10.8. The normalized spacial score (nSPS) is 41.9. The van der Waals surface area contributed by atoms with Crippen LogP contribution < -0.4 is 0 Å². The van der Waals surface area contributed by atoms with Gasteiger partial charge in [0.15, 0.2) is 0 Å². The second-order valence-corrected chi connectivity index (χ2v) is 14.1. The third-order valence-corrected chi connectivity index (χ3v) is 10.8. The summed E-state index contributed by atoms with van der Waals surface area (Å²) < 4.78 is 11.5. The maximum absolute atomic E-state index is 13.5. The Morgan fingerprint density at radius 3 is 2.49 bits per heavy atom. The minimum atomic E-state index is -0.574. The zero-order chi connectivity index (χ0) is 26.8. The number of amides is 1. The Bertz CT molecular complexity index is 970. The van der Waals surface area contributed by atoms with Crippen LogP contribution in [0, 0.1) is 40.4 Å². The zero-order valence-electron chi connectivity index (χ0n) is 23.3. The fourth-order valence-corrected chi connectivity index (χ4v) is 8.81. The molecule has 1 saturated heterocycles. The van der Waals surface area contributed by atoms with Crippen molar-refractivity contribution >= 4 is 23.6 Å². The molecule has 37 heavy (non-hydrogen) atoms. The molecule has 5 fully saturated rings. The fourth-order valence-electron chi connectivity index (χ4n) is 8.81. The molecule has 0 N–H and O–H groups in total. The van der Waals surface area contributed by atoms with Crippen molar-refractivity contribution in [2.45, 2.75) is 111 Å². The summed E-state index contributed by atoms with van der Waals surface area (Å²) in [6.07, 6.45) is 7.24. The van der Waals surface area contributed by atoms with Crippen LogP contribution in [0.3, 0.4) is 0 Å². The first-order chi connectivity index (χ1) is 17.3. The van der Waals surface area contributed by atoms with E-state index in [-0.39, 0.29) is 40.8 Å². The van der Waals surface area contributed by atoms with Gasteiger partial charge in [-0.25, -0.2) is 4.79 Å². The molecule has 4 saturated carbocycles. The van der Waals surface area contributed by atoms with E-state index in [1.165, 1.54) is 0 Å². The molecule has 1 heterocycles. The van der Waals surface area contributed by atoms with Crippen molar-refractivity contribution in [1.82, 2.24) is 4.90 Å². The molecule has 0 radical (unpaired) electrons. The van der Waals surface area contributed by atoms with Crippen molar-refractivity contribution < 1.29 is 28.7 Å². The molecular formula is C30H45NO6. The number of nitrogens with zero attached hydrogens (tertiary/aromatic N) is 1. The fraction of sp³-hybridized carbons (Fsp3) is 0.867. The maximum atomic E-state index is 13.5. The summed E-state index contributed by atoms with van der Waals surface area (Å²) in [5.41, 5.74) is -0.881. The predicted octanol–water partition coefficient (Wildman–Crippen LogP) is 5.34. The number of rotatable bonds is 2. The highest BCUT2D eigenvalue weighted by Gasteiger charge is 2.62. The number of esters is 1. The highest BCUT2D eigenvalue weighted by Crippen LogP contribution is 2.64. The Balaban J connectivity index is 1.21. The zero-order valence-corrected chi connectivity index (χ0v) is 23.3. The molecule has 2 unspecified atom stereocenters. The average Bonchev–Trinajstić information content (AvgIpc) is 3.13. The van der Waals surface area contributed by atoms with Gasteiger partial charge in [-0.05, 0) is 95.3 Å². The molecule has 1 amide bonds. The van der Waals surface area contributed by atoms with Crippen molar-refractivity contribution in [3.05, 3.63) is 0 Å². The van der Waals surface area contributed by atoms with Gasteiger partial charge in [-0.3, -0.25) is 14.4 Å². The molecule has 0 bridgehead atoms. The molecule has 0 aromatic carbocycles. The van der Waals surface area contributed by atoms with E-state index in [0.717, 1.165) is 38.5 Å². The number of ketones is 2. The molecule has 0 spiro atoms. The molecule has 7 nitrogen and oxygen atoms in total. The largest absolute Gasteiger partial charge is 0.462 e. The first kappa shape index (κ1) is 26.7. The summed E-state index contributed by atoms with van der Waals surface area (Å²) in [5.74, 6) is 1.16. The monoisotopic (exact) mass is 515 g/mol. The Kier molecular flexibility index (Phi) is 6.76. The first-order valence-electron chi connectivity index (χ1n) is 14.6. The number of likely N-dealkylation sites (tertiary alicyclic amines) is 1. The van der Waals surface area contributed by atoms with E-state index in [4.69, 9.17) is 9.47 Å². The molecule has 8 atom stereocenters. The molecule has 5 rings (SSSR count). The van der Waals surface area contributed by atoms with Gasteiger partial charge in [0.1, 0.15) is 23.3 Å². The quantitative estimate of drug-likeness (QED) is 0.462. The lowest BCUT2D eigenvalue weighted by Crippen LogP contribution is -2.57. The number of carbonyl (C=O) groups excluding carboxylic acids is 4. The van der Waals surface area contributed by atoms with E-state index in [1.807, 2.05) is 20.8 Å². The van der Waals surface area contributed by atoms with Gasteiger partial charge in [0.2, 0.25) is 0 Å². The van der Waals surface area contributed by atoms with Crippen molar-refractivity contribution in [2.24, 2.45) is 40.4 Å². The lowest BCUT2D eigenvalue weighted by atomic mass is 9.45. The van der Waals surface area contributed by atoms with Gasteiger partial charge in [-0.1, -0.05) is 13.8 Å². The summed E-state index contributed by atoms with van der Waals surface area (Å²) >= 11 is 0. The molecule has 206 valence electrons. The molecular weight excluding hydrogens is 470 g/mol. The van der Waals surface area contributed by atoms with Crippen molar-refractivity contribution in [1.29, 1.82) is 0 Å². The third kappa shape index (κ3) is 4.73. The van der Waals surface area contributed by atoms with Crippen LogP contribution in [0.4, 0.5) is 4.79 Å². The van der Waals surface area contributed by atoms with Gasteiger partial charge in [0.25, 0.3) is 0 Å². The number of Topliss-reactive ketones (excluding diaryl/α,β-unsaturated/α-hetero) is 2. The number of carbonyl (C=O) groups is 4. The standard InChI is InChI=1S/C30H45NO6/c1-28(2,3)37-27(35)31-14-6-7-18(17-31)26(34)36-19-10-12-29(4)22-11-13-30(5)21(8-9-25(30)33)20(22)16-24(32)23(29)15-19/h18-23H,6-17H2,1-5H3/t18?,19-,20-,21-,22-,23?,29+,30-/m0/s1. The molecule has 5 aliphatic rings. The van der Waals surface area contributed by atoms with E-state index < -0.39 is 5.60 Å². The maximum Gasteiger partial charge on any atom is 0.410 e. The van der Waals surface area contributed by atoms with Crippen LogP contribution >= 0.6 is 0 Å². The lowest BCUT2D eigenvalue weighted by Gasteiger charge is -2.59. The Labute approximate surface area is 221 Å². The number of fused-ring (bicyclic) bond motifs is 5. The van der Waals surface area contributed by atoms with Crippen LogP contribution in [-0.4, -0.2) is 53.3 Å². The van der Waals surface area contributed by atoms with Crippen LogP contribution in [0.25, 0.3) is 0 Å². The van der Waals surface area contributed by atoms with E-state index >= 15 is 0 Å².